The lowest BCUT2D eigenvalue weighted by molar-refractivity contribution is -0.384. The van der Waals surface area contributed by atoms with Crippen LogP contribution in [0.25, 0.3) is 0 Å². The van der Waals surface area contributed by atoms with Crippen molar-refractivity contribution in [2.45, 2.75) is 6.54 Å². The Morgan fingerprint density at radius 3 is 2.50 bits per heavy atom. The molecule has 0 radical (unpaired) electrons. The summed E-state index contributed by atoms with van der Waals surface area (Å²) in [4.78, 5) is 35.7. The van der Waals surface area contributed by atoms with Gasteiger partial charge in [-0.15, -0.1) is 0 Å². The minimum Gasteiger partial charge on any atom is -0.346 e. The van der Waals surface area contributed by atoms with Gasteiger partial charge in [0.2, 0.25) is 11.8 Å². The standard InChI is InChI=1S/C18H18ClFN4O4/c1-23(10-12-8-15(24(27)28)6-7-16(12)19)11-18(26)21-9-17(25)22-14-4-2-13(20)3-5-14/h2-8H,9-11H2,1H3,(H,21,26)(H,22,25). The summed E-state index contributed by atoms with van der Waals surface area (Å²) in [6, 6.07) is 9.33. The highest BCUT2D eigenvalue weighted by molar-refractivity contribution is 6.31. The van der Waals surface area contributed by atoms with Crippen LogP contribution >= 0.6 is 11.6 Å². The Morgan fingerprint density at radius 2 is 1.86 bits per heavy atom. The lowest BCUT2D eigenvalue weighted by Crippen LogP contribution is -2.39. The highest BCUT2D eigenvalue weighted by atomic mass is 35.5. The zero-order valence-electron chi connectivity index (χ0n) is 14.9. The zero-order valence-corrected chi connectivity index (χ0v) is 15.7. The molecule has 10 heteroatoms. The molecule has 0 aliphatic rings. The maximum Gasteiger partial charge on any atom is 0.269 e. The average molecular weight is 409 g/mol. The molecule has 148 valence electrons. The maximum absolute atomic E-state index is 12.8. The van der Waals surface area contributed by atoms with Gasteiger partial charge in [-0.1, -0.05) is 11.6 Å². The average Bonchev–Trinajstić information content (AvgIpc) is 2.63. The Balaban J connectivity index is 1.81. The van der Waals surface area contributed by atoms with Gasteiger partial charge in [0, 0.05) is 29.4 Å². The van der Waals surface area contributed by atoms with Crippen LogP contribution < -0.4 is 10.6 Å². The fourth-order valence-electron chi connectivity index (χ4n) is 2.36. The SMILES string of the molecule is CN(CC(=O)NCC(=O)Nc1ccc(F)cc1)Cc1cc([N+](=O)[O-])ccc1Cl. The molecule has 0 unspecified atom stereocenters. The lowest BCUT2D eigenvalue weighted by atomic mass is 10.2. The zero-order chi connectivity index (χ0) is 20.7. The minimum absolute atomic E-state index is 0.0388. The van der Waals surface area contributed by atoms with Crippen LogP contribution in [0.1, 0.15) is 5.56 Å². The first kappa shape index (κ1) is 21.3. The number of nitro benzene ring substituents is 1. The summed E-state index contributed by atoms with van der Waals surface area (Å²) in [5, 5.41) is 16.2. The number of non-ortho nitro benzene ring substituents is 1. The van der Waals surface area contributed by atoms with E-state index in [1.54, 1.807) is 11.9 Å². The van der Waals surface area contributed by atoms with Crippen LogP contribution in [0.15, 0.2) is 42.5 Å². The van der Waals surface area contributed by atoms with Gasteiger partial charge in [0.15, 0.2) is 0 Å². The topological polar surface area (TPSA) is 105 Å². The van der Waals surface area contributed by atoms with E-state index in [0.717, 1.165) is 0 Å². The van der Waals surface area contributed by atoms with E-state index in [0.29, 0.717) is 16.3 Å². The van der Waals surface area contributed by atoms with E-state index in [9.17, 15) is 24.1 Å². The molecule has 2 amide bonds. The summed E-state index contributed by atoms with van der Waals surface area (Å²) in [6.07, 6.45) is 0. The van der Waals surface area contributed by atoms with Crippen molar-refractivity contribution >= 4 is 34.8 Å². The van der Waals surface area contributed by atoms with Crippen LogP contribution in [0.2, 0.25) is 5.02 Å². The van der Waals surface area contributed by atoms with Crippen LogP contribution in [-0.4, -0.2) is 41.8 Å². The second-order valence-electron chi connectivity index (χ2n) is 6.04. The van der Waals surface area contributed by atoms with E-state index in [-0.39, 0.29) is 25.3 Å². The number of hydrogen-bond donors (Lipinski definition) is 2. The van der Waals surface area contributed by atoms with Gasteiger partial charge >= 0.3 is 0 Å². The van der Waals surface area contributed by atoms with E-state index in [4.69, 9.17) is 11.6 Å². The van der Waals surface area contributed by atoms with Crippen LogP contribution in [-0.2, 0) is 16.1 Å². The summed E-state index contributed by atoms with van der Waals surface area (Å²) < 4.78 is 12.8. The number of carbonyl (C=O) groups excluding carboxylic acids is 2. The van der Waals surface area contributed by atoms with Crippen molar-refractivity contribution < 1.29 is 18.9 Å². The van der Waals surface area contributed by atoms with Gasteiger partial charge in [-0.05, 0) is 42.9 Å². The molecule has 2 aromatic carbocycles. The fourth-order valence-corrected chi connectivity index (χ4v) is 2.54. The molecule has 0 heterocycles. The van der Waals surface area contributed by atoms with E-state index < -0.39 is 22.6 Å². The predicted octanol–water partition coefficient (Wildman–Crippen LogP) is 2.57. The number of nitrogens with zero attached hydrogens (tertiary/aromatic N) is 2. The number of rotatable bonds is 8. The second-order valence-corrected chi connectivity index (χ2v) is 6.44. The molecule has 0 aromatic heterocycles. The normalized spacial score (nSPS) is 10.6. The highest BCUT2D eigenvalue weighted by Gasteiger charge is 2.14. The number of hydrogen-bond acceptors (Lipinski definition) is 5. The first-order valence-electron chi connectivity index (χ1n) is 8.18. The second kappa shape index (κ2) is 9.77. The summed E-state index contributed by atoms with van der Waals surface area (Å²) in [5.41, 5.74) is 0.841. The van der Waals surface area contributed by atoms with Crippen LogP contribution in [0.3, 0.4) is 0 Å². The Bertz CT molecular complexity index is 876. The van der Waals surface area contributed by atoms with Gasteiger partial charge in [-0.3, -0.25) is 24.6 Å². The number of anilines is 1. The van der Waals surface area contributed by atoms with E-state index in [1.165, 1.54) is 42.5 Å². The van der Waals surface area contributed by atoms with Gasteiger partial charge < -0.3 is 10.6 Å². The first-order chi connectivity index (χ1) is 13.2. The number of nitrogens with one attached hydrogen (secondary N) is 2. The molecule has 0 saturated heterocycles. The van der Waals surface area contributed by atoms with Crippen molar-refractivity contribution in [3.8, 4) is 0 Å². The number of amides is 2. The Kier molecular flexibility index (Phi) is 7.42. The molecule has 0 aliphatic heterocycles. The van der Waals surface area contributed by atoms with Crippen molar-refractivity contribution in [3.05, 3.63) is 69.0 Å². The van der Waals surface area contributed by atoms with E-state index >= 15 is 0 Å². The quantitative estimate of drug-likeness (QED) is 0.516. The van der Waals surface area contributed by atoms with Crippen LogP contribution in [0, 0.1) is 15.9 Å². The molecule has 0 atom stereocenters. The Morgan fingerprint density at radius 1 is 1.18 bits per heavy atom. The molecular formula is C18H18ClFN4O4. The van der Waals surface area contributed by atoms with Crippen LogP contribution in [0.4, 0.5) is 15.8 Å². The van der Waals surface area contributed by atoms with Gasteiger partial charge in [-0.2, -0.15) is 0 Å². The minimum atomic E-state index is -0.522. The van der Waals surface area contributed by atoms with Gasteiger partial charge in [0.1, 0.15) is 5.82 Å². The molecule has 0 bridgehead atoms. The van der Waals surface area contributed by atoms with Gasteiger partial charge in [0.05, 0.1) is 18.0 Å². The number of nitro groups is 1. The largest absolute Gasteiger partial charge is 0.346 e. The predicted molar refractivity (Wildman–Crippen MR) is 102 cm³/mol. The van der Waals surface area contributed by atoms with Crippen molar-refractivity contribution in [1.29, 1.82) is 0 Å². The number of carbonyl (C=O) groups is 2. The number of likely N-dealkylation sites (N-methyl/N-ethyl adjacent to an activating group) is 1. The molecule has 2 rings (SSSR count). The summed E-state index contributed by atoms with van der Waals surface area (Å²) in [7, 11) is 1.65. The number of halogens is 2. The van der Waals surface area contributed by atoms with Gasteiger partial charge in [0.25, 0.3) is 5.69 Å². The molecular weight excluding hydrogens is 391 g/mol. The third-order valence-electron chi connectivity index (χ3n) is 3.67. The lowest BCUT2D eigenvalue weighted by Gasteiger charge is -2.17. The summed E-state index contributed by atoms with van der Waals surface area (Å²) in [6.45, 7) is -0.0693. The molecule has 28 heavy (non-hydrogen) atoms. The molecule has 8 nitrogen and oxygen atoms in total. The molecule has 2 N–H and O–H groups in total. The number of benzene rings is 2. The van der Waals surface area contributed by atoms with Crippen molar-refractivity contribution in [1.82, 2.24) is 10.2 Å². The molecule has 0 aliphatic carbocycles. The monoisotopic (exact) mass is 408 g/mol. The smallest absolute Gasteiger partial charge is 0.269 e. The summed E-state index contributed by atoms with van der Waals surface area (Å²) in [5.74, 6) is -1.28. The third-order valence-corrected chi connectivity index (χ3v) is 4.04. The molecule has 0 fully saturated rings. The first-order valence-corrected chi connectivity index (χ1v) is 8.56. The maximum atomic E-state index is 12.8. The third kappa shape index (κ3) is 6.60. The van der Waals surface area contributed by atoms with Crippen molar-refractivity contribution in [2.75, 3.05) is 25.5 Å². The molecule has 0 saturated carbocycles. The highest BCUT2D eigenvalue weighted by Crippen LogP contribution is 2.23. The van der Waals surface area contributed by atoms with Gasteiger partial charge in [-0.25, -0.2) is 4.39 Å². The fraction of sp³-hybridized carbons (Fsp3) is 0.222. The van der Waals surface area contributed by atoms with E-state index in [1.807, 2.05) is 0 Å². The molecule has 0 spiro atoms. The Labute approximate surface area is 165 Å². The Hall–Kier alpha value is -3.04. The van der Waals surface area contributed by atoms with E-state index in [2.05, 4.69) is 10.6 Å². The molecule has 2 aromatic rings. The van der Waals surface area contributed by atoms with Crippen molar-refractivity contribution in [3.63, 3.8) is 0 Å². The van der Waals surface area contributed by atoms with Crippen molar-refractivity contribution in [2.24, 2.45) is 0 Å². The summed E-state index contributed by atoms with van der Waals surface area (Å²) >= 11 is 6.04. The van der Waals surface area contributed by atoms with Crippen LogP contribution in [0.5, 0.6) is 0 Å².